The zero-order valence-electron chi connectivity index (χ0n) is 12.8. The fraction of sp³-hybridized carbons (Fsp3) is 0.733. The molecule has 2 aliphatic rings. The summed E-state index contributed by atoms with van der Waals surface area (Å²) >= 11 is 0. The largest absolute Gasteiger partial charge is 0.376 e. The lowest BCUT2D eigenvalue weighted by Gasteiger charge is -2.42. The van der Waals surface area contributed by atoms with Crippen LogP contribution in [0.4, 0.5) is 0 Å². The molecule has 0 aliphatic carbocycles. The van der Waals surface area contributed by atoms with Crippen molar-refractivity contribution in [3.05, 3.63) is 18.0 Å². The summed E-state index contributed by atoms with van der Waals surface area (Å²) in [5, 5.41) is 7.34. The highest BCUT2D eigenvalue weighted by Crippen LogP contribution is 2.23. The third kappa shape index (κ3) is 3.27. The molecule has 0 radical (unpaired) electrons. The number of carbonyl (C=O) groups excluding carboxylic acids is 1. The van der Waals surface area contributed by atoms with Crippen molar-refractivity contribution < 1.29 is 9.53 Å². The second-order valence-corrected chi connectivity index (χ2v) is 6.16. The van der Waals surface area contributed by atoms with Gasteiger partial charge < -0.3 is 10.1 Å². The first-order chi connectivity index (χ1) is 10.1. The van der Waals surface area contributed by atoms with Crippen LogP contribution in [-0.2, 0) is 9.53 Å². The standard InChI is InChI=1S/C15H24N4O2/c1-11-6-17-19(8-11)13-9-18(10-13)12(2)15(20)16-7-14-4-3-5-21-14/h6,8,12-14H,3-5,7,9-10H2,1-2H3,(H,16,20). The first-order valence-corrected chi connectivity index (χ1v) is 7.77. The Morgan fingerprint density at radius 3 is 3.00 bits per heavy atom. The number of hydrogen-bond donors (Lipinski definition) is 1. The Bertz CT molecular complexity index is 490. The summed E-state index contributed by atoms with van der Waals surface area (Å²) in [4.78, 5) is 14.3. The molecule has 6 nitrogen and oxygen atoms in total. The molecule has 2 saturated heterocycles. The van der Waals surface area contributed by atoms with Crippen molar-refractivity contribution in [1.82, 2.24) is 20.0 Å². The summed E-state index contributed by atoms with van der Waals surface area (Å²) in [6.45, 7) is 7.24. The SMILES string of the molecule is Cc1cnn(C2CN(C(C)C(=O)NCC3CCCO3)C2)c1. The van der Waals surface area contributed by atoms with Gasteiger partial charge in [-0.3, -0.25) is 14.4 Å². The Hall–Kier alpha value is -1.40. The second-order valence-electron chi connectivity index (χ2n) is 6.16. The lowest BCUT2D eigenvalue weighted by Crippen LogP contribution is -2.57. The number of carbonyl (C=O) groups is 1. The number of likely N-dealkylation sites (tertiary alicyclic amines) is 1. The third-order valence-electron chi connectivity index (χ3n) is 4.45. The van der Waals surface area contributed by atoms with Crippen molar-refractivity contribution in [3.8, 4) is 0 Å². The molecule has 1 N–H and O–H groups in total. The number of amides is 1. The van der Waals surface area contributed by atoms with Gasteiger partial charge in [0.2, 0.25) is 5.91 Å². The number of nitrogens with one attached hydrogen (secondary N) is 1. The molecule has 0 bridgehead atoms. The van der Waals surface area contributed by atoms with Gasteiger partial charge in [-0.05, 0) is 32.3 Å². The molecule has 1 amide bonds. The van der Waals surface area contributed by atoms with E-state index >= 15 is 0 Å². The number of aromatic nitrogens is 2. The summed E-state index contributed by atoms with van der Waals surface area (Å²) in [5.41, 5.74) is 1.18. The van der Waals surface area contributed by atoms with E-state index in [9.17, 15) is 4.79 Å². The van der Waals surface area contributed by atoms with Crippen molar-refractivity contribution >= 4 is 5.91 Å². The maximum Gasteiger partial charge on any atom is 0.237 e. The van der Waals surface area contributed by atoms with Crippen LogP contribution in [0, 0.1) is 6.92 Å². The van der Waals surface area contributed by atoms with E-state index in [4.69, 9.17) is 4.74 Å². The Morgan fingerprint density at radius 1 is 1.57 bits per heavy atom. The molecule has 0 spiro atoms. The number of nitrogens with zero attached hydrogens (tertiary/aromatic N) is 3. The summed E-state index contributed by atoms with van der Waals surface area (Å²) in [6.07, 6.45) is 6.30. The number of ether oxygens (including phenoxy) is 1. The van der Waals surface area contributed by atoms with Gasteiger partial charge in [-0.2, -0.15) is 5.10 Å². The number of rotatable bonds is 5. The van der Waals surface area contributed by atoms with Crippen LogP contribution in [0.3, 0.4) is 0 Å². The van der Waals surface area contributed by atoms with Crippen molar-refractivity contribution in [2.24, 2.45) is 0 Å². The Kier molecular flexibility index (Phi) is 4.26. The van der Waals surface area contributed by atoms with Crippen LogP contribution in [0.1, 0.15) is 31.4 Å². The molecule has 1 aromatic heterocycles. The summed E-state index contributed by atoms with van der Waals surface area (Å²) in [5.74, 6) is 0.0978. The fourth-order valence-electron chi connectivity index (χ4n) is 2.94. The molecule has 2 aliphatic heterocycles. The molecule has 6 heteroatoms. The third-order valence-corrected chi connectivity index (χ3v) is 4.45. The van der Waals surface area contributed by atoms with Gasteiger partial charge in [0.1, 0.15) is 0 Å². The number of hydrogen-bond acceptors (Lipinski definition) is 4. The zero-order chi connectivity index (χ0) is 14.8. The Labute approximate surface area is 125 Å². The number of aryl methyl sites for hydroxylation is 1. The van der Waals surface area contributed by atoms with Crippen LogP contribution in [-0.4, -0.2) is 59.0 Å². The molecule has 0 aromatic carbocycles. The molecular weight excluding hydrogens is 268 g/mol. The molecule has 2 fully saturated rings. The first-order valence-electron chi connectivity index (χ1n) is 7.77. The summed E-state index contributed by atoms with van der Waals surface area (Å²) in [7, 11) is 0. The van der Waals surface area contributed by atoms with Crippen molar-refractivity contribution in [2.75, 3.05) is 26.2 Å². The van der Waals surface area contributed by atoms with E-state index in [0.717, 1.165) is 32.5 Å². The Balaban J connectivity index is 1.41. The molecule has 116 valence electrons. The van der Waals surface area contributed by atoms with Gasteiger partial charge in [0.25, 0.3) is 0 Å². The highest BCUT2D eigenvalue weighted by Gasteiger charge is 2.35. The van der Waals surface area contributed by atoms with Crippen LogP contribution in [0.5, 0.6) is 0 Å². The van der Waals surface area contributed by atoms with Crippen LogP contribution < -0.4 is 5.32 Å². The smallest absolute Gasteiger partial charge is 0.237 e. The minimum atomic E-state index is -0.0840. The van der Waals surface area contributed by atoms with E-state index < -0.39 is 0 Å². The molecule has 2 unspecified atom stereocenters. The predicted octanol–water partition coefficient (Wildman–Crippen LogP) is 0.732. The predicted molar refractivity (Wildman–Crippen MR) is 79.0 cm³/mol. The first kappa shape index (κ1) is 14.5. The van der Waals surface area contributed by atoms with Gasteiger partial charge >= 0.3 is 0 Å². The van der Waals surface area contributed by atoms with Gasteiger partial charge in [0, 0.05) is 32.4 Å². The average Bonchev–Trinajstić information content (AvgIpc) is 3.06. The summed E-state index contributed by atoms with van der Waals surface area (Å²) in [6, 6.07) is 0.312. The normalized spacial score (nSPS) is 24.8. The van der Waals surface area contributed by atoms with Gasteiger partial charge in [-0.25, -0.2) is 0 Å². The molecule has 3 heterocycles. The molecule has 2 atom stereocenters. The van der Waals surface area contributed by atoms with E-state index in [-0.39, 0.29) is 18.1 Å². The van der Waals surface area contributed by atoms with Crippen LogP contribution in [0.15, 0.2) is 12.4 Å². The van der Waals surface area contributed by atoms with Gasteiger partial charge in [-0.1, -0.05) is 0 Å². The highest BCUT2D eigenvalue weighted by molar-refractivity contribution is 5.81. The zero-order valence-corrected chi connectivity index (χ0v) is 12.8. The molecule has 0 saturated carbocycles. The van der Waals surface area contributed by atoms with E-state index in [1.807, 2.05) is 24.7 Å². The Morgan fingerprint density at radius 2 is 2.38 bits per heavy atom. The highest BCUT2D eigenvalue weighted by atomic mass is 16.5. The monoisotopic (exact) mass is 292 g/mol. The molecule has 3 rings (SSSR count). The fourth-order valence-corrected chi connectivity index (χ4v) is 2.94. The van der Waals surface area contributed by atoms with E-state index in [1.165, 1.54) is 5.56 Å². The van der Waals surface area contributed by atoms with Crippen molar-refractivity contribution in [1.29, 1.82) is 0 Å². The topological polar surface area (TPSA) is 59.4 Å². The van der Waals surface area contributed by atoms with Crippen LogP contribution in [0.25, 0.3) is 0 Å². The van der Waals surface area contributed by atoms with E-state index in [2.05, 4.69) is 21.5 Å². The van der Waals surface area contributed by atoms with Gasteiger partial charge in [-0.15, -0.1) is 0 Å². The lowest BCUT2D eigenvalue weighted by molar-refractivity contribution is -0.128. The quantitative estimate of drug-likeness (QED) is 0.869. The van der Waals surface area contributed by atoms with E-state index in [1.54, 1.807) is 0 Å². The second kappa shape index (κ2) is 6.15. The van der Waals surface area contributed by atoms with E-state index in [0.29, 0.717) is 12.6 Å². The maximum atomic E-state index is 12.2. The van der Waals surface area contributed by atoms with Crippen molar-refractivity contribution in [3.63, 3.8) is 0 Å². The molecular formula is C15H24N4O2. The van der Waals surface area contributed by atoms with Crippen LogP contribution >= 0.6 is 0 Å². The minimum absolute atomic E-state index is 0.0840. The van der Waals surface area contributed by atoms with Crippen molar-refractivity contribution in [2.45, 2.75) is 44.9 Å². The maximum absolute atomic E-state index is 12.2. The van der Waals surface area contributed by atoms with Gasteiger partial charge in [0.05, 0.1) is 24.4 Å². The average molecular weight is 292 g/mol. The summed E-state index contributed by atoms with van der Waals surface area (Å²) < 4.78 is 7.52. The van der Waals surface area contributed by atoms with Crippen LogP contribution in [0.2, 0.25) is 0 Å². The molecule has 21 heavy (non-hydrogen) atoms. The minimum Gasteiger partial charge on any atom is -0.376 e. The lowest BCUT2D eigenvalue weighted by atomic mass is 10.1. The molecule has 1 aromatic rings. The van der Waals surface area contributed by atoms with Gasteiger partial charge in [0.15, 0.2) is 0 Å².